The monoisotopic (exact) mass is 309 g/mol. The third-order valence-electron chi connectivity index (χ3n) is 5.42. The van der Waals surface area contributed by atoms with Gasteiger partial charge in [-0.1, -0.05) is 0 Å². The minimum Gasteiger partial charge on any atom is -0.461 e. The Hall–Kier alpha value is -2.32. The smallest absolute Gasteiger partial charge is 0.340 e. The Bertz CT molecular complexity index is 780. The average Bonchev–Trinajstić information content (AvgIpc) is 3.04. The zero-order valence-electron chi connectivity index (χ0n) is 13.0. The number of ether oxygens (including phenoxy) is 1. The Kier molecular flexibility index (Phi) is 3.35. The summed E-state index contributed by atoms with van der Waals surface area (Å²) in [4.78, 5) is 18.0. The molecule has 3 saturated heterocycles. The summed E-state index contributed by atoms with van der Waals surface area (Å²) in [6, 6.07) is 7.40. The minimum atomic E-state index is -0.297. The number of H-pyrrole nitrogens is 1. The number of nitrogens with one attached hydrogen (secondary N) is 1. The average molecular weight is 309 g/mol. The van der Waals surface area contributed by atoms with E-state index in [1.165, 1.54) is 0 Å². The third kappa shape index (κ3) is 2.49. The van der Waals surface area contributed by atoms with Crippen LogP contribution >= 0.6 is 0 Å². The van der Waals surface area contributed by atoms with E-state index in [1.54, 1.807) is 18.3 Å². The zero-order chi connectivity index (χ0) is 15.9. The van der Waals surface area contributed by atoms with Crippen molar-refractivity contribution in [1.82, 2.24) is 9.88 Å². The first-order valence-electron chi connectivity index (χ1n) is 8.10. The van der Waals surface area contributed by atoms with Gasteiger partial charge in [-0.3, -0.25) is 0 Å². The summed E-state index contributed by atoms with van der Waals surface area (Å²) in [5, 5.41) is 9.78. The van der Waals surface area contributed by atoms with Gasteiger partial charge in [-0.05, 0) is 57.1 Å². The van der Waals surface area contributed by atoms with E-state index in [0.717, 1.165) is 49.8 Å². The summed E-state index contributed by atoms with van der Waals surface area (Å²) in [5.74, 6) is -0.297. The lowest BCUT2D eigenvalue weighted by Gasteiger charge is -2.47. The number of hydrogen-bond acceptors (Lipinski definition) is 4. The molecule has 3 aliphatic rings. The molecule has 3 aliphatic heterocycles. The highest BCUT2D eigenvalue weighted by Gasteiger charge is 2.40. The molecule has 2 bridgehead atoms. The second-order valence-corrected chi connectivity index (χ2v) is 6.74. The van der Waals surface area contributed by atoms with E-state index in [9.17, 15) is 4.79 Å². The molecule has 118 valence electrons. The SMILES string of the molecule is N#Cc1ccc2[nH]cc(C(=O)OCC34CCN(CC3)CC4)c2c1. The summed E-state index contributed by atoms with van der Waals surface area (Å²) in [6.45, 7) is 3.87. The van der Waals surface area contributed by atoms with Crippen molar-refractivity contribution in [2.24, 2.45) is 5.41 Å². The first-order chi connectivity index (χ1) is 11.2. The number of esters is 1. The number of nitrogens with zero attached hydrogens (tertiary/aromatic N) is 2. The highest BCUT2D eigenvalue weighted by Crippen LogP contribution is 2.40. The maximum absolute atomic E-state index is 12.5. The van der Waals surface area contributed by atoms with Crippen molar-refractivity contribution in [1.29, 1.82) is 5.26 Å². The summed E-state index contributed by atoms with van der Waals surface area (Å²) >= 11 is 0. The van der Waals surface area contributed by atoms with Crippen LogP contribution in [0.3, 0.4) is 0 Å². The van der Waals surface area contributed by atoms with E-state index < -0.39 is 0 Å². The summed E-state index contributed by atoms with van der Waals surface area (Å²) in [6.07, 6.45) is 5.03. The van der Waals surface area contributed by atoms with Crippen LogP contribution in [0.4, 0.5) is 0 Å². The number of piperidine rings is 3. The molecule has 0 radical (unpaired) electrons. The fourth-order valence-corrected chi connectivity index (χ4v) is 3.77. The van der Waals surface area contributed by atoms with Crippen LogP contribution in [0.2, 0.25) is 0 Å². The van der Waals surface area contributed by atoms with Crippen molar-refractivity contribution in [3.63, 3.8) is 0 Å². The lowest BCUT2D eigenvalue weighted by atomic mass is 9.73. The van der Waals surface area contributed by atoms with Crippen molar-refractivity contribution < 1.29 is 9.53 Å². The molecule has 0 aliphatic carbocycles. The molecule has 3 fully saturated rings. The van der Waals surface area contributed by atoms with Gasteiger partial charge in [0.1, 0.15) is 0 Å². The molecule has 0 saturated carbocycles. The van der Waals surface area contributed by atoms with Gasteiger partial charge in [0.25, 0.3) is 0 Å². The highest BCUT2D eigenvalue weighted by molar-refractivity contribution is 6.04. The Morgan fingerprint density at radius 1 is 1.30 bits per heavy atom. The van der Waals surface area contributed by atoms with Crippen molar-refractivity contribution in [2.45, 2.75) is 19.3 Å². The molecule has 5 nitrogen and oxygen atoms in total. The van der Waals surface area contributed by atoms with E-state index in [0.29, 0.717) is 17.7 Å². The Labute approximate surface area is 134 Å². The number of rotatable bonds is 3. The molecule has 2 aromatic rings. The molecule has 0 unspecified atom stereocenters. The van der Waals surface area contributed by atoms with Gasteiger partial charge in [-0.25, -0.2) is 4.79 Å². The van der Waals surface area contributed by atoms with E-state index in [-0.39, 0.29) is 11.4 Å². The number of nitriles is 1. The highest BCUT2D eigenvalue weighted by atomic mass is 16.5. The maximum atomic E-state index is 12.5. The maximum Gasteiger partial charge on any atom is 0.340 e. The molecule has 5 heteroatoms. The molecule has 23 heavy (non-hydrogen) atoms. The summed E-state index contributed by atoms with van der Waals surface area (Å²) < 4.78 is 5.67. The van der Waals surface area contributed by atoms with Gasteiger partial charge < -0.3 is 14.6 Å². The van der Waals surface area contributed by atoms with Crippen LogP contribution in [0.1, 0.15) is 35.2 Å². The van der Waals surface area contributed by atoms with E-state index in [2.05, 4.69) is 16.0 Å². The fourth-order valence-electron chi connectivity index (χ4n) is 3.77. The first-order valence-corrected chi connectivity index (χ1v) is 8.10. The van der Waals surface area contributed by atoms with E-state index in [1.807, 2.05) is 6.07 Å². The predicted molar refractivity (Wildman–Crippen MR) is 86.0 cm³/mol. The van der Waals surface area contributed by atoms with Crippen molar-refractivity contribution in [3.05, 3.63) is 35.5 Å². The Balaban J connectivity index is 1.52. The molecule has 0 amide bonds. The van der Waals surface area contributed by atoms with Gasteiger partial charge in [0.15, 0.2) is 0 Å². The zero-order valence-corrected chi connectivity index (χ0v) is 13.0. The number of carbonyl (C=O) groups excluding carboxylic acids is 1. The molecule has 0 spiro atoms. The normalized spacial score (nSPS) is 26.1. The lowest BCUT2D eigenvalue weighted by Crippen LogP contribution is -2.50. The van der Waals surface area contributed by atoms with E-state index in [4.69, 9.17) is 10.00 Å². The number of hydrogen-bond donors (Lipinski definition) is 1. The predicted octanol–water partition coefficient (Wildman–Crippen LogP) is 2.68. The fraction of sp³-hybridized carbons (Fsp3) is 0.444. The molecule has 1 N–H and O–H groups in total. The van der Waals surface area contributed by atoms with Gasteiger partial charge in [-0.2, -0.15) is 5.26 Å². The number of carbonyl (C=O) groups is 1. The molecule has 0 atom stereocenters. The van der Waals surface area contributed by atoms with Crippen LogP contribution in [0.15, 0.2) is 24.4 Å². The topological polar surface area (TPSA) is 69.1 Å². The minimum absolute atomic E-state index is 0.175. The first kappa shape index (κ1) is 14.3. The van der Waals surface area contributed by atoms with Crippen LogP contribution in [-0.4, -0.2) is 42.1 Å². The number of aromatic amines is 1. The molecular formula is C18H19N3O2. The summed E-state index contributed by atoms with van der Waals surface area (Å²) in [7, 11) is 0. The van der Waals surface area contributed by atoms with Crippen LogP contribution in [0.25, 0.3) is 10.9 Å². The van der Waals surface area contributed by atoms with Crippen LogP contribution in [0.5, 0.6) is 0 Å². The second kappa shape index (κ2) is 5.39. The van der Waals surface area contributed by atoms with Crippen molar-refractivity contribution >= 4 is 16.9 Å². The molecule has 5 rings (SSSR count). The molecule has 4 heterocycles. The van der Waals surface area contributed by atoms with Crippen molar-refractivity contribution in [3.8, 4) is 6.07 Å². The molecule has 1 aromatic heterocycles. The molecule has 1 aromatic carbocycles. The van der Waals surface area contributed by atoms with Gasteiger partial charge >= 0.3 is 5.97 Å². The Morgan fingerprint density at radius 3 is 2.74 bits per heavy atom. The summed E-state index contributed by atoms with van der Waals surface area (Å²) in [5.41, 5.74) is 2.08. The number of fused-ring (bicyclic) bond motifs is 4. The largest absolute Gasteiger partial charge is 0.461 e. The van der Waals surface area contributed by atoms with Crippen LogP contribution in [0, 0.1) is 16.7 Å². The third-order valence-corrected chi connectivity index (χ3v) is 5.42. The van der Waals surface area contributed by atoms with Crippen LogP contribution in [-0.2, 0) is 4.74 Å². The lowest BCUT2D eigenvalue weighted by molar-refractivity contribution is -0.0304. The van der Waals surface area contributed by atoms with Gasteiger partial charge in [0, 0.05) is 22.5 Å². The van der Waals surface area contributed by atoms with Gasteiger partial charge in [0.05, 0.1) is 23.8 Å². The molecular weight excluding hydrogens is 290 g/mol. The second-order valence-electron chi connectivity index (χ2n) is 6.74. The van der Waals surface area contributed by atoms with E-state index >= 15 is 0 Å². The van der Waals surface area contributed by atoms with Crippen LogP contribution < -0.4 is 0 Å². The van der Waals surface area contributed by atoms with Gasteiger partial charge in [0.2, 0.25) is 0 Å². The Morgan fingerprint density at radius 2 is 2.04 bits per heavy atom. The van der Waals surface area contributed by atoms with Gasteiger partial charge in [-0.15, -0.1) is 0 Å². The number of aromatic nitrogens is 1. The van der Waals surface area contributed by atoms with Crippen molar-refractivity contribution in [2.75, 3.05) is 26.2 Å². The quantitative estimate of drug-likeness (QED) is 0.885. The standard InChI is InChI=1S/C18H19N3O2/c19-10-13-1-2-16-14(9-13)15(11-20-16)17(22)23-12-18-3-6-21(7-4-18)8-5-18/h1-2,9,11,20H,3-8,12H2. The number of benzene rings is 1.